The fourth-order valence-corrected chi connectivity index (χ4v) is 1.68. The lowest BCUT2D eigenvalue weighted by Crippen LogP contribution is -2.07. The summed E-state index contributed by atoms with van der Waals surface area (Å²) in [6.07, 6.45) is 7.36. The summed E-state index contributed by atoms with van der Waals surface area (Å²) in [7, 11) is 0. The van der Waals surface area contributed by atoms with Crippen molar-refractivity contribution in [3.63, 3.8) is 0 Å². The van der Waals surface area contributed by atoms with Gasteiger partial charge in [0.25, 0.3) is 0 Å². The van der Waals surface area contributed by atoms with Crippen LogP contribution in [-0.2, 0) is 6.42 Å². The maximum absolute atomic E-state index is 11.5. The zero-order valence-corrected chi connectivity index (χ0v) is 7.36. The highest BCUT2D eigenvalue weighted by Crippen LogP contribution is 2.21. The van der Waals surface area contributed by atoms with Crippen LogP contribution in [0, 0.1) is 0 Å². The Kier molecular flexibility index (Phi) is 1.36. The summed E-state index contributed by atoms with van der Waals surface area (Å²) in [5.41, 5.74) is 2.35. The van der Waals surface area contributed by atoms with Crippen molar-refractivity contribution in [3.05, 3.63) is 42.0 Å². The van der Waals surface area contributed by atoms with Crippen LogP contribution in [0.1, 0.15) is 16.1 Å². The van der Waals surface area contributed by atoms with E-state index in [1.807, 2.05) is 12.1 Å². The average Bonchev–Trinajstić information content (AvgIpc) is 2.62. The molecule has 0 unspecified atom stereocenters. The number of allylic oxidation sites excluding steroid dienone is 2. The molecule has 0 fully saturated rings. The SMILES string of the molecule is O=C1C=CCc2nc3cocc3cc21. The van der Waals surface area contributed by atoms with Crippen LogP contribution in [0.4, 0.5) is 0 Å². The minimum absolute atomic E-state index is 0.0295. The van der Waals surface area contributed by atoms with E-state index in [9.17, 15) is 4.79 Å². The molecule has 1 aliphatic carbocycles. The predicted molar refractivity (Wildman–Crippen MR) is 51.2 cm³/mol. The Hall–Kier alpha value is -1.90. The maximum Gasteiger partial charge on any atom is 0.187 e. The van der Waals surface area contributed by atoms with Gasteiger partial charge in [-0.1, -0.05) is 6.08 Å². The van der Waals surface area contributed by atoms with Crippen LogP contribution in [0.15, 0.2) is 35.2 Å². The first-order valence-corrected chi connectivity index (χ1v) is 4.41. The van der Waals surface area contributed by atoms with Gasteiger partial charge in [-0.2, -0.15) is 0 Å². The Labute approximate surface area is 80.1 Å². The van der Waals surface area contributed by atoms with Crippen LogP contribution >= 0.6 is 0 Å². The van der Waals surface area contributed by atoms with E-state index in [4.69, 9.17) is 4.42 Å². The van der Waals surface area contributed by atoms with E-state index in [0.717, 1.165) is 23.0 Å². The second kappa shape index (κ2) is 2.54. The lowest BCUT2D eigenvalue weighted by atomic mass is 10.00. The van der Waals surface area contributed by atoms with Crippen LogP contribution in [0.2, 0.25) is 0 Å². The Morgan fingerprint density at radius 2 is 2.29 bits per heavy atom. The molecule has 2 aromatic rings. The first kappa shape index (κ1) is 7.50. The quantitative estimate of drug-likeness (QED) is 0.631. The van der Waals surface area contributed by atoms with E-state index in [1.165, 1.54) is 0 Å². The number of furan rings is 1. The topological polar surface area (TPSA) is 43.1 Å². The first-order chi connectivity index (χ1) is 6.84. The van der Waals surface area contributed by atoms with Crippen molar-refractivity contribution >= 4 is 16.7 Å². The molecule has 0 atom stereocenters. The molecule has 3 nitrogen and oxygen atoms in total. The van der Waals surface area contributed by atoms with Gasteiger partial charge in [-0.05, 0) is 12.1 Å². The number of fused-ring (bicyclic) bond motifs is 2. The molecule has 14 heavy (non-hydrogen) atoms. The summed E-state index contributed by atoms with van der Waals surface area (Å²) >= 11 is 0. The zero-order chi connectivity index (χ0) is 9.54. The normalized spacial score (nSPS) is 14.7. The number of aromatic nitrogens is 1. The van der Waals surface area contributed by atoms with Gasteiger partial charge in [0.1, 0.15) is 11.8 Å². The summed E-state index contributed by atoms with van der Waals surface area (Å²) in [5, 5.41) is 0.882. The van der Waals surface area contributed by atoms with Crippen molar-refractivity contribution in [2.75, 3.05) is 0 Å². The van der Waals surface area contributed by atoms with Crippen molar-refractivity contribution < 1.29 is 9.21 Å². The third kappa shape index (κ3) is 0.923. The molecule has 0 saturated carbocycles. The highest BCUT2D eigenvalue weighted by Gasteiger charge is 2.15. The molecule has 0 aliphatic heterocycles. The van der Waals surface area contributed by atoms with E-state index in [-0.39, 0.29) is 5.78 Å². The van der Waals surface area contributed by atoms with Crippen molar-refractivity contribution in [2.45, 2.75) is 6.42 Å². The molecule has 0 saturated heterocycles. The van der Waals surface area contributed by atoms with E-state index in [2.05, 4.69) is 4.98 Å². The summed E-state index contributed by atoms with van der Waals surface area (Å²) < 4.78 is 5.03. The molecule has 68 valence electrons. The highest BCUT2D eigenvalue weighted by atomic mass is 16.3. The van der Waals surface area contributed by atoms with Crippen molar-refractivity contribution in [3.8, 4) is 0 Å². The van der Waals surface area contributed by atoms with Crippen LogP contribution in [-0.4, -0.2) is 10.8 Å². The number of pyridine rings is 1. The third-order valence-electron chi connectivity index (χ3n) is 2.38. The van der Waals surface area contributed by atoms with Gasteiger partial charge in [-0.3, -0.25) is 4.79 Å². The Morgan fingerprint density at radius 3 is 3.21 bits per heavy atom. The van der Waals surface area contributed by atoms with Gasteiger partial charge in [-0.25, -0.2) is 4.98 Å². The van der Waals surface area contributed by atoms with Crippen LogP contribution < -0.4 is 0 Å². The van der Waals surface area contributed by atoms with Gasteiger partial charge >= 0.3 is 0 Å². The summed E-state index contributed by atoms with van der Waals surface area (Å²) in [6.45, 7) is 0. The smallest absolute Gasteiger partial charge is 0.187 e. The molecule has 3 rings (SSSR count). The molecule has 3 heteroatoms. The predicted octanol–water partition coefficient (Wildman–Crippen LogP) is 2.12. The van der Waals surface area contributed by atoms with E-state index in [0.29, 0.717) is 5.56 Å². The first-order valence-electron chi connectivity index (χ1n) is 4.41. The standard InChI is InChI=1S/C11H7NO2/c13-11-3-1-2-9-8(11)4-7-5-14-6-10(7)12-9/h1,3-6H,2H2. The average molecular weight is 185 g/mol. The van der Waals surface area contributed by atoms with Crippen LogP contribution in [0.25, 0.3) is 10.9 Å². The fraction of sp³-hybridized carbons (Fsp3) is 0.0909. The Balaban J connectivity index is 2.36. The Morgan fingerprint density at radius 1 is 1.36 bits per heavy atom. The molecule has 0 aromatic carbocycles. The number of nitrogens with zero attached hydrogens (tertiary/aromatic N) is 1. The van der Waals surface area contributed by atoms with Crippen LogP contribution in [0.5, 0.6) is 0 Å². The van der Waals surface area contributed by atoms with Gasteiger partial charge in [-0.15, -0.1) is 0 Å². The van der Waals surface area contributed by atoms with Gasteiger partial charge in [0.05, 0.1) is 12.0 Å². The van der Waals surface area contributed by atoms with Gasteiger partial charge in [0, 0.05) is 17.4 Å². The largest absolute Gasteiger partial charge is 0.470 e. The molecule has 0 amide bonds. The third-order valence-corrected chi connectivity index (χ3v) is 2.38. The van der Waals surface area contributed by atoms with E-state index < -0.39 is 0 Å². The number of carbonyl (C=O) groups excluding carboxylic acids is 1. The van der Waals surface area contributed by atoms with Crippen molar-refractivity contribution in [1.29, 1.82) is 0 Å². The van der Waals surface area contributed by atoms with Crippen LogP contribution in [0.3, 0.4) is 0 Å². The number of hydrogen-bond donors (Lipinski definition) is 0. The lowest BCUT2D eigenvalue weighted by molar-refractivity contribution is 0.104. The molecule has 0 bridgehead atoms. The second-order valence-electron chi connectivity index (χ2n) is 3.30. The number of rotatable bonds is 0. The number of carbonyl (C=O) groups is 1. The summed E-state index contributed by atoms with van der Waals surface area (Å²) in [5.74, 6) is 0.0295. The van der Waals surface area contributed by atoms with E-state index in [1.54, 1.807) is 18.6 Å². The van der Waals surface area contributed by atoms with Crippen molar-refractivity contribution in [1.82, 2.24) is 4.98 Å². The minimum Gasteiger partial charge on any atom is -0.470 e. The highest BCUT2D eigenvalue weighted by molar-refractivity contribution is 6.08. The Bertz CT molecular complexity index is 551. The molecule has 1 aliphatic rings. The fourth-order valence-electron chi connectivity index (χ4n) is 1.68. The molecule has 2 heterocycles. The van der Waals surface area contributed by atoms with Crippen molar-refractivity contribution in [2.24, 2.45) is 0 Å². The minimum atomic E-state index is 0.0295. The molecular weight excluding hydrogens is 178 g/mol. The summed E-state index contributed by atoms with van der Waals surface area (Å²) in [6, 6.07) is 1.84. The lowest BCUT2D eigenvalue weighted by Gasteiger charge is -2.07. The molecular formula is C11H7NO2. The molecule has 2 aromatic heterocycles. The number of ketones is 1. The second-order valence-corrected chi connectivity index (χ2v) is 3.30. The van der Waals surface area contributed by atoms with Gasteiger partial charge in [0.15, 0.2) is 5.78 Å². The molecule has 0 radical (unpaired) electrons. The zero-order valence-electron chi connectivity index (χ0n) is 7.36. The monoisotopic (exact) mass is 185 g/mol. The molecule has 0 spiro atoms. The van der Waals surface area contributed by atoms with Gasteiger partial charge < -0.3 is 4.42 Å². The number of hydrogen-bond acceptors (Lipinski definition) is 3. The summed E-state index contributed by atoms with van der Waals surface area (Å²) in [4.78, 5) is 15.9. The van der Waals surface area contributed by atoms with Gasteiger partial charge in [0.2, 0.25) is 0 Å². The van der Waals surface area contributed by atoms with E-state index >= 15 is 0 Å². The molecule has 0 N–H and O–H groups in total. The maximum atomic E-state index is 11.5.